The smallest absolute Gasteiger partial charge is 0.266 e. The molecule has 0 spiro atoms. The van der Waals surface area contributed by atoms with Crippen LogP contribution in [0.15, 0.2) is 45.7 Å². The average Bonchev–Trinajstić information content (AvgIpc) is 2.50. The standard InChI is InChI=1S/C16H20BrN3O/c1-3-19(4-2)10-11-20-16(21)9-8-15(18-20)13-6-5-7-14(17)12-13/h5-9,12H,3-4,10-11H2,1-2H3. The predicted octanol–water partition coefficient (Wildman–Crippen LogP) is 3.01. The molecule has 112 valence electrons. The zero-order valence-corrected chi connectivity index (χ0v) is 14.0. The van der Waals surface area contributed by atoms with E-state index >= 15 is 0 Å². The molecule has 4 nitrogen and oxygen atoms in total. The first-order valence-corrected chi connectivity index (χ1v) is 7.99. The van der Waals surface area contributed by atoms with Gasteiger partial charge in [-0.3, -0.25) is 4.79 Å². The summed E-state index contributed by atoms with van der Waals surface area (Å²) in [6, 6.07) is 11.3. The molecular formula is C16H20BrN3O. The van der Waals surface area contributed by atoms with Crippen molar-refractivity contribution in [2.45, 2.75) is 20.4 Å². The van der Waals surface area contributed by atoms with Crippen LogP contribution in [-0.4, -0.2) is 34.3 Å². The lowest BCUT2D eigenvalue weighted by molar-refractivity contribution is 0.283. The zero-order valence-electron chi connectivity index (χ0n) is 12.4. The maximum atomic E-state index is 11.9. The zero-order chi connectivity index (χ0) is 15.2. The molecule has 2 aromatic rings. The molecule has 0 saturated heterocycles. The first-order chi connectivity index (χ1) is 10.1. The van der Waals surface area contributed by atoms with Crippen molar-refractivity contribution in [3.05, 3.63) is 51.2 Å². The van der Waals surface area contributed by atoms with Crippen LogP contribution in [0.25, 0.3) is 11.3 Å². The van der Waals surface area contributed by atoms with Gasteiger partial charge in [0.1, 0.15) is 0 Å². The number of benzene rings is 1. The normalized spacial score (nSPS) is 11.0. The van der Waals surface area contributed by atoms with Gasteiger partial charge >= 0.3 is 0 Å². The van der Waals surface area contributed by atoms with Crippen LogP contribution in [0.3, 0.4) is 0 Å². The van der Waals surface area contributed by atoms with Crippen molar-refractivity contribution >= 4 is 15.9 Å². The number of hydrogen-bond acceptors (Lipinski definition) is 3. The van der Waals surface area contributed by atoms with Gasteiger partial charge in [-0.25, -0.2) is 4.68 Å². The van der Waals surface area contributed by atoms with Gasteiger partial charge in [0, 0.05) is 22.6 Å². The van der Waals surface area contributed by atoms with E-state index in [2.05, 4.69) is 39.8 Å². The minimum Gasteiger partial charge on any atom is -0.302 e. The minimum absolute atomic E-state index is 0.0547. The van der Waals surface area contributed by atoms with E-state index in [9.17, 15) is 4.79 Å². The fourth-order valence-electron chi connectivity index (χ4n) is 2.19. The minimum atomic E-state index is -0.0547. The predicted molar refractivity (Wildman–Crippen MR) is 89.4 cm³/mol. The van der Waals surface area contributed by atoms with Crippen LogP contribution < -0.4 is 5.56 Å². The van der Waals surface area contributed by atoms with E-state index in [4.69, 9.17) is 0 Å². The highest BCUT2D eigenvalue weighted by molar-refractivity contribution is 9.10. The second-order valence-electron chi connectivity index (χ2n) is 4.82. The SMILES string of the molecule is CCN(CC)CCn1nc(-c2cccc(Br)c2)ccc1=O. The molecule has 0 aliphatic carbocycles. The molecule has 0 saturated carbocycles. The van der Waals surface area contributed by atoms with E-state index in [-0.39, 0.29) is 5.56 Å². The lowest BCUT2D eigenvalue weighted by atomic mass is 10.1. The molecule has 1 aromatic carbocycles. The molecule has 21 heavy (non-hydrogen) atoms. The van der Waals surface area contributed by atoms with Gasteiger partial charge in [-0.2, -0.15) is 5.10 Å². The molecule has 1 heterocycles. The Labute approximate surface area is 133 Å². The van der Waals surface area contributed by atoms with E-state index in [1.807, 2.05) is 24.3 Å². The molecule has 5 heteroatoms. The summed E-state index contributed by atoms with van der Waals surface area (Å²) < 4.78 is 2.55. The van der Waals surface area contributed by atoms with E-state index in [0.717, 1.165) is 35.4 Å². The number of rotatable bonds is 6. The third-order valence-electron chi connectivity index (χ3n) is 3.51. The molecule has 0 fully saturated rings. The van der Waals surface area contributed by atoms with Gasteiger partial charge < -0.3 is 4.90 Å². The van der Waals surface area contributed by atoms with Gasteiger partial charge in [0.05, 0.1) is 12.2 Å². The lowest BCUT2D eigenvalue weighted by Crippen LogP contribution is -2.32. The van der Waals surface area contributed by atoms with Gasteiger partial charge in [-0.15, -0.1) is 0 Å². The topological polar surface area (TPSA) is 38.1 Å². The maximum absolute atomic E-state index is 11.9. The summed E-state index contributed by atoms with van der Waals surface area (Å²) in [6.07, 6.45) is 0. The van der Waals surface area contributed by atoms with Gasteiger partial charge in [-0.05, 0) is 31.3 Å². The fourth-order valence-corrected chi connectivity index (χ4v) is 2.59. The van der Waals surface area contributed by atoms with Crippen LogP contribution >= 0.6 is 15.9 Å². The van der Waals surface area contributed by atoms with Crippen LogP contribution in [0.1, 0.15) is 13.8 Å². The van der Waals surface area contributed by atoms with Gasteiger partial charge in [-0.1, -0.05) is 41.9 Å². The van der Waals surface area contributed by atoms with E-state index < -0.39 is 0 Å². The summed E-state index contributed by atoms with van der Waals surface area (Å²) in [5.41, 5.74) is 1.76. The lowest BCUT2D eigenvalue weighted by Gasteiger charge is -2.18. The Hall–Kier alpha value is -1.46. The Morgan fingerprint density at radius 2 is 1.95 bits per heavy atom. The van der Waals surface area contributed by atoms with Crippen molar-refractivity contribution in [1.29, 1.82) is 0 Å². The largest absolute Gasteiger partial charge is 0.302 e. The summed E-state index contributed by atoms with van der Waals surface area (Å²) in [5, 5.41) is 4.48. The monoisotopic (exact) mass is 349 g/mol. The van der Waals surface area contributed by atoms with Gasteiger partial charge in [0.15, 0.2) is 0 Å². The first kappa shape index (κ1) is 15.9. The highest BCUT2D eigenvalue weighted by atomic mass is 79.9. The third-order valence-corrected chi connectivity index (χ3v) is 4.00. The molecule has 0 bridgehead atoms. The van der Waals surface area contributed by atoms with Crippen LogP contribution in [0, 0.1) is 0 Å². The summed E-state index contributed by atoms with van der Waals surface area (Å²) in [7, 11) is 0. The van der Waals surface area contributed by atoms with Crippen molar-refractivity contribution in [1.82, 2.24) is 14.7 Å². The highest BCUT2D eigenvalue weighted by Crippen LogP contribution is 2.20. The van der Waals surface area contributed by atoms with E-state index in [0.29, 0.717) is 6.54 Å². The number of hydrogen-bond donors (Lipinski definition) is 0. The molecule has 0 unspecified atom stereocenters. The molecule has 0 aliphatic heterocycles. The molecule has 0 amide bonds. The second-order valence-corrected chi connectivity index (χ2v) is 5.73. The molecular weight excluding hydrogens is 330 g/mol. The number of halogens is 1. The number of likely N-dealkylation sites (N-methyl/N-ethyl adjacent to an activating group) is 1. The van der Waals surface area contributed by atoms with Crippen molar-refractivity contribution in [2.75, 3.05) is 19.6 Å². The van der Waals surface area contributed by atoms with E-state index in [1.165, 1.54) is 0 Å². The Kier molecular flexibility index (Phi) is 5.70. The van der Waals surface area contributed by atoms with Crippen LogP contribution in [0.5, 0.6) is 0 Å². The maximum Gasteiger partial charge on any atom is 0.266 e. The molecule has 2 rings (SSSR count). The van der Waals surface area contributed by atoms with Crippen molar-refractivity contribution < 1.29 is 0 Å². The van der Waals surface area contributed by atoms with Crippen LogP contribution in [0.2, 0.25) is 0 Å². The van der Waals surface area contributed by atoms with Crippen LogP contribution in [0.4, 0.5) is 0 Å². The van der Waals surface area contributed by atoms with Crippen molar-refractivity contribution in [3.8, 4) is 11.3 Å². The molecule has 0 aliphatic rings. The summed E-state index contributed by atoms with van der Waals surface area (Å²) >= 11 is 3.46. The van der Waals surface area contributed by atoms with E-state index in [1.54, 1.807) is 16.8 Å². The third kappa shape index (κ3) is 4.25. The summed E-state index contributed by atoms with van der Waals surface area (Å²) in [5.74, 6) is 0. The Balaban J connectivity index is 2.23. The van der Waals surface area contributed by atoms with Gasteiger partial charge in [0.2, 0.25) is 0 Å². The Morgan fingerprint density at radius 1 is 1.19 bits per heavy atom. The number of aromatic nitrogens is 2. The summed E-state index contributed by atoms with van der Waals surface area (Å²) in [4.78, 5) is 14.2. The van der Waals surface area contributed by atoms with Crippen LogP contribution in [-0.2, 0) is 6.54 Å². The first-order valence-electron chi connectivity index (χ1n) is 7.20. The number of nitrogens with zero attached hydrogens (tertiary/aromatic N) is 3. The van der Waals surface area contributed by atoms with Crippen molar-refractivity contribution in [2.24, 2.45) is 0 Å². The Bertz CT molecular complexity index is 650. The average molecular weight is 350 g/mol. The Morgan fingerprint density at radius 3 is 2.62 bits per heavy atom. The summed E-state index contributed by atoms with van der Waals surface area (Å²) in [6.45, 7) is 7.66. The quantitative estimate of drug-likeness (QED) is 0.804. The molecule has 0 atom stereocenters. The van der Waals surface area contributed by atoms with Gasteiger partial charge in [0.25, 0.3) is 5.56 Å². The second kappa shape index (κ2) is 7.52. The molecule has 0 radical (unpaired) electrons. The fraction of sp³-hybridized carbons (Fsp3) is 0.375. The molecule has 1 aromatic heterocycles. The highest BCUT2D eigenvalue weighted by Gasteiger charge is 2.05. The van der Waals surface area contributed by atoms with Crippen molar-refractivity contribution in [3.63, 3.8) is 0 Å². The molecule has 0 N–H and O–H groups in total.